The van der Waals surface area contributed by atoms with E-state index in [1.165, 1.54) is 45.2 Å². The average molecular weight is 369 g/mol. The maximum atomic E-state index is 12.8. The van der Waals surface area contributed by atoms with Gasteiger partial charge in [-0.05, 0) is 56.5 Å². The van der Waals surface area contributed by atoms with Crippen LogP contribution >= 0.6 is 23.2 Å². The van der Waals surface area contributed by atoms with Gasteiger partial charge in [0.2, 0.25) is 5.91 Å². The second-order valence-corrected chi connectivity index (χ2v) is 7.92. The fraction of sp³-hybridized carbons (Fsp3) is 0.632. The first kappa shape index (κ1) is 18.0. The fourth-order valence-electron chi connectivity index (χ4n) is 4.18. The van der Waals surface area contributed by atoms with Gasteiger partial charge < -0.3 is 4.90 Å². The number of likely N-dealkylation sites (N-methyl/N-ethyl adjacent to an activating group) is 1. The van der Waals surface area contributed by atoms with Gasteiger partial charge in [-0.25, -0.2) is 0 Å². The highest BCUT2D eigenvalue weighted by Gasteiger charge is 2.35. The molecule has 5 heteroatoms. The standard InChI is InChI=1S/C19H26Cl2N2O/c1-22(19(24)12-14-8-9-15(20)13-16(14)21)17-6-2-3-7-18(17)23-10-4-5-11-23/h8-9,13,17-18H,2-7,10-12H2,1H3/t17-,18+/m1/s1. The first-order valence-electron chi connectivity index (χ1n) is 9.00. The Kier molecular flexibility index (Phi) is 6.07. The maximum Gasteiger partial charge on any atom is 0.227 e. The lowest BCUT2D eigenvalue weighted by Crippen LogP contribution is -2.53. The van der Waals surface area contributed by atoms with Gasteiger partial charge >= 0.3 is 0 Å². The molecular weight excluding hydrogens is 343 g/mol. The molecule has 1 amide bonds. The molecule has 0 radical (unpaired) electrons. The molecular formula is C19H26Cl2N2O. The largest absolute Gasteiger partial charge is 0.341 e. The Hall–Kier alpha value is -0.770. The molecule has 1 aliphatic carbocycles. The molecule has 1 heterocycles. The lowest BCUT2D eigenvalue weighted by Gasteiger charge is -2.42. The van der Waals surface area contributed by atoms with E-state index in [1.807, 2.05) is 18.0 Å². The lowest BCUT2D eigenvalue weighted by molar-refractivity contribution is -0.133. The molecule has 0 N–H and O–H groups in total. The quantitative estimate of drug-likeness (QED) is 0.785. The number of benzene rings is 1. The molecule has 1 aromatic rings. The van der Waals surface area contributed by atoms with Crippen molar-refractivity contribution in [3.05, 3.63) is 33.8 Å². The van der Waals surface area contributed by atoms with Gasteiger partial charge in [-0.2, -0.15) is 0 Å². The van der Waals surface area contributed by atoms with Gasteiger partial charge in [0.25, 0.3) is 0 Å². The molecule has 0 bridgehead atoms. The van der Waals surface area contributed by atoms with E-state index in [0.717, 1.165) is 12.0 Å². The van der Waals surface area contributed by atoms with Crippen molar-refractivity contribution in [1.82, 2.24) is 9.80 Å². The number of amides is 1. The predicted octanol–water partition coefficient (Wildman–Crippen LogP) is 4.40. The molecule has 0 unspecified atom stereocenters. The maximum absolute atomic E-state index is 12.8. The van der Waals surface area contributed by atoms with Crippen molar-refractivity contribution < 1.29 is 4.79 Å². The summed E-state index contributed by atoms with van der Waals surface area (Å²) in [6.07, 6.45) is 7.75. The summed E-state index contributed by atoms with van der Waals surface area (Å²) in [5.41, 5.74) is 0.853. The molecule has 1 aromatic carbocycles. The Morgan fingerprint density at radius 3 is 2.58 bits per heavy atom. The third kappa shape index (κ3) is 4.07. The van der Waals surface area contributed by atoms with E-state index in [1.54, 1.807) is 12.1 Å². The van der Waals surface area contributed by atoms with Gasteiger partial charge in [-0.15, -0.1) is 0 Å². The van der Waals surface area contributed by atoms with Gasteiger partial charge in [0.15, 0.2) is 0 Å². The molecule has 0 spiro atoms. The third-order valence-corrected chi connectivity index (χ3v) is 6.14. The summed E-state index contributed by atoms with van der Waals surface area (Å²) in [6, 6.07) is 6.21. The Balaban J connectivity index is 1.68. The van der Waals surface area contributed by atoms with Crippen molar-refractivity contribution in [1.29, 1.82) is 0 Å². The van der Waals surface area contributed by atoms with Gasteiger partial charge in [-0.1, -0.05) is 42.1 Å². The molecule has 132 valence electrons. The lowest BCUT2D eigenvalue weighted by atomic mass is 9.88. The Bertz CT molecular complexity index is 587. The predicted molar refractivity (Wildman–Crippen MR) is 99.8 cm³/mol. The normalized spacial score (nSPS) is 25.0. The first-order chi connectivity index (χ1) is 11.6. The summed E-state index contributed by atoms with van der Waals surface area (Å²) in [5.74, 6) is 0.148. The molecule has 3 nitrogen and oxygen atoms in total. The highest BCUT2D eigenvalue weighted by Crippen LogP contribution is 2.30. The van der Waals surface area contributed by atoms with Crippen LogP contribution in [0.5, 0.6) is 0 Å². The van der Waals surface area contributed by atoms with Crippen molar-refractivity contribution in [3.63, 3.8) is 0 Å². The topological polar surface area (TPSA) is 23.6 Å². The Morgan fingerprint density at radius 2 is 1.88 bits per heavy atom. The van der Waals surface area contributed by atoms with Crippen molar-refractivity contribution >= 4 is 29.1 Å². The van der Waals surface area contributed by atoms with Crippen LogP contribution in [0.2, 0.25) is 10.0 Å². The first-order valence-corrected chi connectivity index (χ1v) is 9.75. The number of carbonyl (C=O) groups excluding carboxylic acids is 1. The van der Waals surface area contributed by atoms with Crippen molar-refractivity contribution in [2.24, 2.45) is 0 Å². The van der Waals surface area contributed by atoms with Crippen LogP contribution in [-0.2, 0) is 11.2 Å². The van der Waals surface area contributed by atoms with Crippen LogP contribution in [-0.4, -0.2) is 47.9 Å². The monoisotopic (exact) mass is 368 g/mol. The highest BCUT2D eigenvalue weighted by molar-refractivity contribution is 6.35. The summed E-state index contributed by atoms with van der Waals surface area (Å²) < 4.78 is 0. The average Bonchev–Trinajstić information content (AvgIpc) is 3.11. The number of rotatable bonds is 4. The summed E-state index contributed by atoms with van der Waals surface area (Å²) in [4.78, 5) is 17.4. The minimum Gasteiger partial charge on any atom is -0.341 e. The van der Waals surface area contributed by atoms with Crippen LogP contribution in [0.25, 0.3) is 0 Å². The molecule has 1 saturated carbocycles. The van der Waals surface area contributed by atoms with Crippen LogP contribution in [0, 0.1) is 0 Å². The number of hydrogen-bond acceptors (Lipinski definition) is 2. The zero-order valence-electron chi connectivity index (χ0n) is 14.3. The van der Waals surface area contributed by atoms with Crippen LogP contribution < -0.4 is 0 Å². The minimum absolute atomic E-state index is 0.148. The Labute approximate surface area is 154 Å². The number of likely N-dealkylation sites (tertiary alicyclic amines) is 1. The molecule has 2 atom stereocenters. The smallest absolute Gasteiger partial charge is 0.227 e. The molecule has 2 fully saturated rings. The van der Waals surface area contributed by atoms with E-state index >= 15 is 0 Å². The van der Waals surface area contributed by atoms with Crippen LogP contribution in [0.15, 0.2) is 18.2 Å². The molecule has 1 saturated heterocycles. The zero-order chi connectivity index (χ0) is 17.1. The second kappa shape index (κ2) is 8.07. The summed E-state index contributed by atoms with van der Waals surface area (Å²) in [6.45, 7) is 2.37. The van der Waals surface area contributed by atoms with Crippen LogP contribution in [0.1, 0.15) is 44.1 Å². The van der Waals surface area contributed by atoms with Gasteiger partial charge in [0, 0.05) is 29.2 Å². The summed E-state index contributed by atoms with van der Waals surface area (Å²) in [5, 5.41) is 1.18. The zero-order valence-corrected chi connectivity index (χ0v) is 15.8. The van der Waals surface area contributed by atoms with Crippen molar-refractivity contribution in [2.45, 2.75) is 57.0 Å². The van der Waals surface area contributed by atoms with Gasteiger partial charge in [0.05, 0.1) is 6.42 Å². The van der Waals surface area contributed by atoms with Crippen molar-refractivity contribution in [3.8, 4) is 0 Å². The number of carbonyl (C=O) groups is 1. The fourth-order valence-corrected chi connectivity index (χ4v) is 4.66. The summed E-state index contributed by atoms with van der Waals surface area (Å²) >= 11 is 12.2. The molecule has 0 aromatic heterocycles. The van der Waals surface area contributed by atoms with Crippen molar-refractivity contribution in [2.75, 3.05) is 20.1 Å². The number of hydrogen-bond donors (Lipinski definition) is 0. The highest BCUT2D eigenvalue weighted by atomic mass is 35.5. The van der Waals surface area contributed by atoms with Crippen LogP contribution in [0.3, 0.4) is 0 Å². The van der Waals surface area contributed by atoms with E-state index in [-0.39, 0.29) is 5.91 Å². The second-order valence-electron chi connectivity index (χ2n) is 7.08. The number of nitrogens with zero attached hydrogens (tertiary/aromatic N) is 2. The van der Waals surface area contributed by atoms with E-state index in [2.05, 4.69) is 4.90 Å². The Morgan fingerprint density at radius 1 is 1.17 bits per heavy atom. The molecule has 3 rings (SSSR count). The number of halogens is 2. The molecule has 2 aliphatic rings. The van der Waals surface area contributed by atoms with Gasteiger partial charge in [-0.3, -0.25) is 9.69 Å². The third-order valence-electron chi connectivity index (χ3n) is 5.55. The molecule has 24 heavy (non-hydrogen) atoms. The SMILES string of the molecule is CN(C(=O)Cc1ccc(Cl)cc1Cl)[C@@H]1CCCC[C@@H]1N1CCCC1. The van der Waals surface area contributed by atoms with E-state index in [4.69, 9.17) is 23.2 Å². The molecule has 1 aliphatic heterocycles. The van der Waals surface area contributed by atoms with E-state index < -0.39 is 0 Å². The van der Waals surface area contributed by atoms with Gasteiger partial charge in [0.1, 0.15) is 0 Å². The summed E-state index contributed by atoms with van der Waals surface area (Å²) in [7, 11) is 1.96. The van der Waals surface area contributed by atoms with Crippen LogP contribution in [0.4, 0.5) is 0 Å². The minimum atomic E-state index is 0.148. The van der Waals surface area contributed by atoms with E-state index in [0.29, 0.717) is 28.5 Å². The van der Waals surface area contributed by atoms with E-state index in [9.17, 15) is 4.79 Å².